The van der Waals surface area contributed by atoms with E-state index in [9.17, 15) is 0 Å². The van der Waals surface area contributed by atoms with Crippen LogP contribution in [0, 0.1) is 0 Å². The first-order chi connectivity index (χ1) is 13.7. The minimum atomic E-state index is 0.444. The number of rotatable bonds is 8. The van der Waals surface area contributed by atoms with Gasteiger partial charge in [-0.2, -0.15) is 0 Å². The third-order valence-corrected chi connectivity index (χ3v) is 5.23. The van der Waals surface area contributed by atoms with Crippen LogP contribution < -0.4 is 25.8 Å². The third kappa shape index (κ3) is 5.18. The van der Waals surface area contributed by atoms with Gasteiger partial charge in [0.2, 0.25) is 0 Å². The fourth-order valence-corrected chi connectivity index (χ4v) is 3.63. The van der Waals surface area contributed by atoms with Crippen molar-refractivity contribution in [1.29, 1.82) is 0 Å². The van der Waals surface area contributed by atoms with E-state index < -0.39 is 0 Å². The molecule has 0 radical (unpaired) electrons. The highest BCUT2D eigenvalue weighted by Gasteiger charge is 2.15. The zero-order valence-corrected chi connectivity index (χ0v) is 16.8. The van der Waals surface area contributed by atoms with Crippen molar-refractivity contribution in [2.45, 2.75) is 51.0 Å². The van der Waals surface area contributed by atoms with Gasteiger partial charge in [0.15, 0.2) is 23.1 Å². The lowest BCUT2D eigenvalue weighted by atomic mass is 10.1. The van der Waals surface area contributed by atoms with E-state index in [2.05, 4.69) is 20.6 Å². The second-order valence-electron chi connectivity index (χ2n) is 7.18. The molecular formula is C21H31N5O2. The van der Waals surface area contributed by atoms with Crippen LogP contribution >= 0.6 is 0 Å². The van der Waals surface area contributed by atoms with Crippen LogP contribution in [-0.4, -0.2) is 36.8 Å². The van der Waals surface area contributed by atoms with E-state index >= 15 is 0 Å². The van der Waals surface area contributed by atoms with E-state index in [4.69, 9.17) is 15.2 Å². The van der Waals surface area contributed by atoms with E-state index in [0.29, 0.717) is 24.1 Å². The standard InChI is InChI=1S/C21H31N5O2/c1-27-17-10-9-15(13-18(17)28-2)11-12-23-20-19(22)21(25-14-24-20)26-16-7-5-3-4-6-8-16/h9-10,13-14,16H,3-8,11-12,22H2,1-2H3,(H2,23,24,25,26). The van der Waals surface area contributed by atoms with Crippen LogP contribution in [0.5, 0.6) is 11.5 Å². The molecule has 7 heteroatoms. The van der Waals surface area contributed by atoms with Crippen LogP contribution in [0.2, 0.25) is 0 Å². The Balaban J connectivity index is 1.58. The first kappa shape index (κ1) is 20.0. The number of nitrogens with one attached hydrogen (secondary N) is 2. The van der Waals surface area contributed by atoms with E-state index in [1.54, 1.807) is 20.5 Å². The molecule has 7 nitrogen and oxygen atoms in total. The molecule has 0 amide bonds. The number of benzene rings is 1. The van der Waals surface area contributed by atoms with Gasteiger partial charge in [-0.1, -0.05) is 31.7 Å². The average Bonchev–Trinajstić information content (AvgIpc) is 2.99. The van der Waals surface area contributed by atoms with Crippen LogP contribution in [0.25, 0.3) is 0 Å². The molecule has 1 aliphatic rings. The molecule has 1 aromatic heterocycles. The Morgan fingerprint density at radius 3 is 2.43 bits per heavy atom. The van der Waals surface area contributed by atoms with Crippen molar-refractivity contribution >= 4 is 17.3 Å². The first-order valence-corrected chi connectivity index (χ1v) is 10.0. The van der Waals surface area contributed by atoms with Gasteiger partial charge in [0, 0.05) is 12.6 Å². The summed E-state index contributed by atoms with van der Waals surface area (Å²) in [6, 6.07) is 6.38. The number of anilines is 3. The second-order valence-corrected chi connectivity index (χ2v) is 7.18. The molecule has 0 bridgehead atoms. The molecule has 0 spiro atoms. The predicted octanol–water partition coefficient (Wildman–Crippen LogP) is 3.87. The summed E-state index contributed by atoms with van der Waals surface area (Å²) in [5.41, 5.74) is 8.05. The van der Waals surface area contributed by atoms with Gasteiger partial charge in [0.1, 0.15) is 12.0 Å². The summed E-state index contributed by atoms with van der Waals surface area (Å²) in [6.45, 7) is 0.708. The molecule has 2 aromatic rings. The summed E-state index contributed by atoms with van der Waals surface area (Å²) in [7, 11) is 3.28. The lowest BCUT2D eigenvalue weighted by molar-refractivity contribution is 0.354. The van der Waals surface area contributed by atoms with Crippen LogP contribution in [0.15, 0.2) is 24.5 Å². The summed E-state index contributed by atoms with van der Waals surface area (Å²) in [4.78, 5) is 8.66. The molecule has 1 saturated carbocycles. The van der Waals surface area contributed by atoms with E-state index in [0.717, 1.165) is 29.3 Å². The molecule has 152 valence electrons. The minimum Gasteiger partial charge on any atom is -0.493 e. The highest BCUT2D eigenvalue weighted by molar-refractivity contribution is 5.74. The molecule has 3 rings (SSSR count). The SMILES string of the molecule is COc1ccc(CCNc2ncnc(NC3CCCCCC3)c2N)cc1OC. The molecular weight excluding hydrogens is 354 g/mol. The van der Waals surface area contributed by atoms with Crippen LogP contribution in [0.3, 0.4) is 0 Å². The van der Waals surface area contributed by atoms with Gasteiger partial charge in [-0.15, -0.1) is 0 Å². The van der Waals surface area contributed by atoms with Crippen LogP contribution in [0.1, 0.15) is 44.1 Å². The Bertz CT molecular complexity index is 760. The van der Waals surface area contributed by atoms with Gasteiger partial charge in [0.25, 0.3) is 0 Å². The van der Waals surface area contributed by atoms with Gasteiger partial charge < -0.3 is 25.8 Å². The highest BCUT2D eigenvalue weighted by atomic mass is 16.5. The smallest absolute Gasteiger partial charge is 0.160 e. The third-order valence-electron chi connectivity index (χ3n) is 5.23. The van der Waals surface area contributed by atoms with Crippen molar-refractivity contribution in [3.05, 3.63) is 30.1 Å². The molecule has 1 fully saturated rings. The molecule has 0 unspecified atom stereocenters. The summed E-state index contributed by atoms with van der Waals surface area (Å²) >= 11 is 0. The zero-order valence-electron chi connectivity index (χ0n) is 16.8. The van der Waals surface area contributed by atoms with Crippen molar-refractivity contribution < 1.29 is 9.47 Å². The topological polar surface area (TPSA) is 94.3 Å². The average molecular weight is 386 g/mol. The van der Waals surface area contributed by atoms with Crippen molar-refractivity contribution in [3.8, 4) is 11.5 Å². The lowest BCUT2D eigenvalue weighted by Crippen LogP contribution is -2.21. The van der Waals surface area contributed by atoms with Gasteiger partial charge in [-0.25, -0.2) is 9.97 Å². The van der Waals surface area contributed by atoms with Crippen LogP contribution in [0.4, 0.5) is 17.3 Å². The van der Waals surface area contributed by atoms with Crippen LogP contribution in [-0.2, 0) is 6.42 Å². The van der Waals surface area contributed by atoms with E-state index in [1.807, 2.05) is 18.2 Å². The Labute approximate surface area is 167 Å². The molecule has 1 heterocycles. The minimum absolute atomic E-state index is 0.444. The number of nitrogen functional groups attached to an aromatic ring is 1. The first-order valence-electron chi connectivity index (χ1n) is 10.0. The van der Waals surface area contributed by atoms with Gasteiger partial charge in [-0.05, 0) is 37.0 Å². The predicted molar refractivity (Wildman–Crippen MR) is 113 cm³/mol. The number of nitrogens with two attached hydrogens (primary N) is 1. The largest absolute Gasteiger partial charge is 0.493 e. The normalized spacial score (nSPS) is 14.9. The molecule has 1 aromatic carbocycles. The quantitative estimate of drug-likeness (QED) is 0.594. The van der Waals surface area contributed by atoms with Gasteiger partial charge in [-0.3, -0.25) is 0 Å². The summed E-state index contributed by atoms with van der Waals surface area (Å²) in [5, 5.41) is 6.85. The van der Waals surface area contributed by atoms with Crippen molar-refractivity contribution in [2.75, 3.05) is 37.1 Å². The summed E-state index contributed by atoms with van der Waals surface area (Å²) in [5.74, 6) is 2.87. The van der Waals surface area contributed by atoms with Gasteiger partial charge >= 0.3 is 0 Å². The van der Waals surface area contributed by atoms with E-state index in [-0.39, 0.29) is 0 Å². The molecule has 1 aliphatic carbocycles. The molecule has 0 saturated heterocycles. The number of methoxy groups -OCH3 is 2. The lowest BCUT2D eigenvalue weighted by Gasteiger charge is -2.19. The summed E-state index contributed by atoms with van der Waals surface area (Å²) in [6.07, 6.45) is 9.89. The Morgan fingerprint density at radius 2 is 1.71 bits per heavy atom. The Kier molecular flexibility index (Phi) is 7.17. The molecule has 28 heavy (non-hydrogen) atoms. The number of hydrogen-bond donors (Lipinski definition) is 3. The van der Waals surface area contributed by atoms with Crippen molar-refractivity contribution in [3.63, 3.8) is 0 Å². The van der Waals surface area contributed by atoms with Crippen molar-refractivity contribution in [2.24, 2.45) is 0 Å². The Morgan fingerprint density at radius 1 is 1.00 bits per heavy atom. The fourth-order valence-electron chi connectivity index (χ4n) is 3.63. The highest BCUT2D eigenvalue weighted by Crippen LogP contribution is 2.28. The maximum atomic E-state index is 6.32. The summed E-state index contributed by atoms with van der Waals surface area (Å²) < 4.78 is 10.6. The second kappa shape index (κ2) is 10.0. The fraction of sp³-hybridized carbons (Fsp3) is 0.524. The molecule has 0 atom stereocenters. The number of aromatic nitrogens is 2. The Hall–Kier alpha value is -2.70. The molecule has 4 N–H and O–H groups in total. The van der Waals surface area contributed by atoms with Gasteiger partial charge in [0.05, 0.1) is 14.2 Å². The maximum absolute atomic E-state index is 6.32. The maximum Gasteiger partial charge on any atom is 0.160 e. The zero-order chi connectivity index (χ0) is 19.8. The number of hydrogen-bond acceptors (Lipinski definition) is 7. The number of nitrogens with zero attached hydrogens (tertiary/aromatic N) is 2. The monoisotopic (exact) mass is 385 g/mol. The molecule has 0 aliphatic heterocycles. The number of ether oxygens (including phenoxy) is 2. The van der Waals surface area contributed by atoms with Crippen molar-refractivity contribution in [1.82, 2.24) is 9.97 Å². The van der Waals surface area contributed by atoms with E-state index in [1.165, 1.54) is 38.5 Å².